The highest BCUT2D eigenvalue weighted by molar-refractivity contribution is 5.90. The molecule has 6 atom stereocenters. The third kappa shape index (κ3) is 6.27. The van der Waals surface area contributed by atoms with Crippen LogP contribution in [-0.2, 0) is 20.2 Å². The monoisotopic (exact) mass is 616 g/mol. The van der Waals surface area contributed by atoms with Crippen LogP contribution in [0.15, 0.2) is 30.4 Å². The Morgan fingerprint density at radius 1 is 1.16 bits per heavy atom. The van der Waals surface area contributed by atoms with Crippen LogP contribution in [-0.4, -0.2) is 75.9 Å². The fourth-order valence-electron chi connectivity index (χ4n) is 5.96. The number of alkyl carbamates (subject to hydrolysis) is 1. The molecule has 5 rings (SSSR count). The summed E-state index contributed by atoms with van der Waals surface area (Å²) >= 11 is 0. The molecule has 2 amide bonds. The number of halogens is 2. The van der Waals surface area contributed by atoms with E-state index >= 15 is 8.78 Å². The highest BCUT2D eigenvalue weighted by Crippen LogP contribution is 2.41. The minimum Gasteiger partial charge on any atom is -0.497 e. The number of methoxy groups -OCH3 is 1. The number of ether oxygens (including phenoxy) is 3. The maximum atomic E-state index is 15.8. The van der Waals surface area contributed by atoms with Crippen molar-refractivity contribution >= 4 is 29.0 Å². The molecule has 0 unspecified atom stereocenters. The number of carbonyl (C=O) groups is 3. The Balaban J connectivity index is 1.61. The second-order valence-corrected chi connectivity index (χ2v) is 12.7. The van der Waals surface area contributed by atoms with Gasteiger partial charge in [-0.15, -0.1) is 0 Å². The fourth-order valence-corrected chi connectivity index (χ4v) is 5.96. The van der Waals surface area contributed by atoms with Gasteiger partial charge in [-0.25, -0.2) is 19.6 Å². The van der Waals surface area contributed by atoms with Crippen molar-refractivity contribution in [3.8, 4) is 11.6 Å². The SMILES string of the molecule is CC[C@@H]1[C@@H]2CN(C(=O)[C@H](C(C)(C)C)NC(=O)O[C@@H]3C[C@H]3CC=CCC(F)(F)c3nc4ccc(OC)cc4nc3O2)[C@@H]1C(=O)O. The molecule has 11 nitrogen and oxygen atoms in total. The lowest BCUT2D eigenvalue weighted by Crippen LogP contribution is -2.57. The highest BCUT2D eigenvalue weighted by Gasteiger charge is 2.52. The molecule has 1 saturated heterocycles. The van der Waals surface area contributed by atoms with Gasteiger partial charge < -0.3 is 29.5 Å². The molecule has 3 heterocycles. The molecule has 1 aromatic heterocycles. The van der Waals surface area contributed by atoms with Crippen molar-refractivity contribution in [2.75, 3.05) is 13.7 Å². The number of hydrogen-bond acceptors (Lipinski definition) is 8. The fraction of sp³-hybridized carbons (Fsp3) is 0.581. The van der Waals surface area contributed by atoms with E-state index < -0.39 is 77.5 Å². The zero-order valence-electron chi connectivity index (χ0n) is 25.4. The number of carboxylic acid groups (broad SMARTS) is 1. The summed E-state index contributed by atoms with van der Waals surface area (Å²) in [6.07, 6.45) is 1.34. The van der Waals surface area contributed by atoms with E-state index in [1.165, 1.54) is 19.3 Å². The largest absolute Gasteiger partial charge is 0.497 e. The van der Waals surface area contributed by atoms with Crippen molar-refractivity contribution in [1.82, 2.24) is 20.2 Å². The summed E-state index contributed by atoms with van der Waals surface area (Å²) in [7, 11) is 1.46. The number of hydrogen-bond donors (Lipinski definition) is 2. The van der Waals surface area contributed by atoms with E-state index in [0.717, 1.165) is 4.90 Å². The molecule has 2 N–H and O–H groups in total. The van der Waals surface area contributed by atoms with Crippen LogP contribution in [0.3, 0.4) is 0 Å². The molecule has 3 aliphatic rings. The van der Waals surface area contributed by atoms with Crippen molar-refractivity contribution in [3.63, 3.8) is 0 Å². The van der Waals surface area contributed by atoms with E-state index in [-0.39, 0.29) is 29.9 Å². The first-order chi connectivity index (χ1) is 20.7. The van der Waals surface area contributed by atoms with Crippen LogP contribution in [0.25, 0.3) is 11.0 Å². The number of nitrogens with zero attached hydrogens (tertiary/aromatic N) is 3. The number of rotatable bonds is 3. The molecule has 1 saturated carbocycles. The average molecular weight is 617 g/mol. The lowest BCUT2D eigenvalue weighted by Gasteiger charge is -2.34. The van der Waals surface area contributed by atoms with Crippen LogP contribution in [0.1, 0.15) is 59.1 Å². The van der Waals surface area contributed by atoms with Gasteiger partial charge in [-0.05, 0) is 36.8 Å². The van der Waals surface area contributed by atoms with Gasteiger partial charge >= 0.3 is 12.1 Å². The Morgan fingerprint density at radius 2 is 1.91 bits per heavy atom. The summed E-state index contributed by atoms with van der Waals surface area (Å²) in [6, 6.07) is 2.19. The van der Waals surface area contributed by atoms with Gasteiger partial charge in [-0.1, -0.05) is 39.8 Å². The van der Waals surface area contributed by atoms with E-state index in [2.05, 4.69) is 15.3 Å². The molecule has 2 aromatic rings. The van der Waals surface area contributed by atoms with E-state index in [0.29, 0.717) is 18.6 Å². The molecular formula is C31H38F2N4O7. The minimum atomic E-state index is -3.49. The topological polar surface area (TPSA) is 140 Å². The van der Waals surface area contributed by atoms with Gasteiger partial charge in [0.05, 0.1) is 24.7 Å². The van der Waals surface area contributed by atoms with E-state index in [9.17, 15) is 19.5 Å². The van der Waals surface area contributed by atoms with Crippen molar-refractivity contribution in [1.29, 1.82) is 0 Å². The summed E-state index contributed by atoms with van der Waals surface area (Å²) in [4.78, 5) is 49.3. The van der Waals surface area contributed by atoms with Crippen molar-refractivity contribution < 1.29 is 42.5 Å². The molecule has 1 aliphatic carbocycles. The van der Waals surface area contributed by atoms with E-state index in [1.807, 2.05) is 0 Å². The number of aliphatic carboxylic acids is 1. The average Bonchev–Trinajstić information content (AvgIpc) is 3.58. The number of carbonyl (C=O) groups excluding carboxylic acids is 2. The summed E-state index contributed by atoms with van der Waals surface area (Å²) in [5.74, 6) is -6.22. The standard InChI is InChI=1S/C31H38F2N4O7/c1-6-18-22-15-37(23(18)28(39)40)27(38)25(30(2,3)4)36-29(41)44-21-13-16(21)9-7-8-12-31(32,33)24-26(43-22)35-20-14-17(42-5)10-11-19(20)34-24/h7-8,10-11,14,16,18,21-23,25H,6,9,12-13,15H2,1-5H3,(H,36,41)(H,39,40)/t16-,18-,21-,22+,23+,25-/m1/s1. The number of alkyl halides is 2. The predicted octanol–water partition coefficient (Wildman–Crippen LogP) is 4.68. The van der Waals surface area contributed by atoms with Gasteiger partial charge in [-0.2, -0.15) is 8.78 Å². The molecule has 0 spiro atoms. The first-order valence-corrected chi connectivity index (χ1v) is 14.8. The molecule has 2 fully saturated rings. The Bertz CT molecular complexity index is 1480. The van der Waals surface area contributed by atoms with Gasteiger partial charge in [-0.3, -0.25) is 4.79 Å². The highest BCUT2D eigenvalue weighted by atomic mass is 19.3. The summed E-state index contributed by atoms with van der Waals surface area (Å²) < 4.78 is 48.6. The van der Waals surface area contributed by atoms with Crippen molar-refractivity contribution in [2.45, 2.75) is 83.6 Å². The second kappa shape index (κ2) is 11.8. The number of fused-ring (bicyclic) bond motifs is 5. The quantitative estimate of drug-likeness (QED) is 0.471. The Morgan fingerprint density at radius 3 is 2.57 bits per heavy atom. The predicted molar refractivity (Wildman–Crippen MR) is 154 cm³/mol. The summed E-state index contributed by atoms with van der Waals surface area (Å²) in [5, 5.41) is 12.9. The summed E-state index contributed by atoms with van der Waals surface area (Å²) in [5.41, 5.74) is -1.04. The van der Waals surface area contributed by atoms with Crippen LogP contribution in [0.2, 0.25) is 0 Å². The maximum Gasteiger partial charge on any atom is 0.408 e. The van der Waals surface area contributed by atoms with Crippen LogP contribution in [0.5, 0.6) is 11.6 Å². The Kier molecular flexibility index (Phi) is 8.43. The molecule has 238 valence electrons. The lowest BCUT2D eigenvalue weighted by atomic mass is 9.85. The van der Waals surface area contributed by atoms with Gasteiger partial charge in [0.25, 0.3) is 5.92 Å². The number of aromatic nitrogens is 2. The van der Waals surface area contributed by atoms with Crippen molar-refractivity contribution in [3.05, 3.63) is 36.0 Å². The van der Waals surface area contributed by atoms with Gasteiger partial charge in [0.2, 0.25) is 11.8 Å². The zero-order valence-corrected chi connectivity index (χ0v) is 25.4. The van der Waals surface area contributed by atoms with Crippen LogP contribution in [0, 0.1) is 17.3 Å². The number of benzene rings is 1. The number of allylic oxidation sites excluding steroid dienone is 2. The second-order valence-electron chi connectivity index (χ2n) is 12.7. The van der Waals surface area contributed by atoms with E-state index in [4.69, 9.17) is 14.2 Å². The molecule has 2 aliphatic heterocycles. The van der Waals surface area contributed by atoms with E-state index in [1.54, 1.807) is 45.9 Å². The van der Waals surface area contributed by atoms with Crippen LogP contribution in [0.4, 0.5) is 13.6 Å². The van der Waals surface area contributed by atoms with Gasteiger partial charge in [0.15, 0.2) is 5.69 Å². The smallest absolute Gasteiger partial charge is 0.408 e. The molecule has 13 heteroatoms. The first kappa shape index (κ1) is 31.4. The number of nitrogens with one attached hydrogen (secondary N) is 1. The normalized spacial score (nSPS) is 28.9. The maximum absolute atomic E-state index is 15.8. The summed E-state index contributed by atoms with van der Waals surface area (Å²) in [6.45, 7) is 6.75. The van der Waals surface area contributed by atoms with Crippen LogP contribution >= 0.6 is 0 Å². The molecule has 2 bridgehead atoms. The lowest BCUT2D eigenvalue weighted by molar-refractivity contribution is -0.151. The molecular weight excluding hydrogens is 578 g/mol. The van der Waals surface area contributed by atoms with Gasteiger partial charge in [0, 0.05) is 24.3 Å². The van der Waals surface area contributed by atoms with Crippen molar-refractivity contribution in [2.24, 2.45) is 17.3 Å². The number of carboxylic acids is 1. The Hall–Kier alpha value is -4.03. The minimum absolute atomic E-state index is 0.0383. The third-order valence-corrected chi connectivity index (χ3v) is 8.52. The third-order valence-electron chi connectivity index (χ3n) is 8.52. The molecule has 0 radical (unpaired) electrons. The number of amides is 2. The first-order valence-electron chi connectivity index (χ1n) is 14.8. The van der Waals surface area contributed by atoms with Crippen LogP contribution < -0.4 is 14.8 Å². The van der Waals surface area contributed by atoms with Gasteiger partial charge in [0.1, 0.15) is 30.0 Å². The Labute approximate surface area is 253 Å². The molecule has 1 aromatic carbocycles. The zero-order chi connectivity index (χ0) is 32.0. The molecule has 44 heavy (non-hydrogen) atoms.